The topological polar surface area (TPSA) is 40.5 Å². The Morgan fingerprint density at radius 3 is 1.96 bits per heavy atom. The van der Waals surface area contributed by atoms with Crippen LogP contribution >= 0.6 is 0 Å². The van der Waals surface area contributed by atoms with Crippen molar-refractivity contribution in [1.82, 2.24) is 0 Å². The van der Waals surface area contributed by atoms with Crippen LogP contribution in [0.15, 0.2) is 54.6 Å². The predicted molar refractivity (Wildman–Crippen MR) is 80.1 cm³/mol. The van der Waals surface area contributed by atoms with Gasteiger partial charge in [0.2, 0.25) is 5.60 Å². The molecule has 0 unspecified atom stereocenters. The van der Waals surface area contributed by atoms with Crippen molar-refractivity contribution in [2.75, 3.05) is 0 Å². The fourth-order valence-electron chi connectivity index (χ4n) is 2.06. The van der Waals surface area contributed by atoms with Gasteiger partial charge < -0.3 is 10.2 Å². The van der Waals surface area contributed by atoms with E-state index in [1.165, 1.54) is 30.3 Å². The van der Waals surface area contributed by atoms with Crippen LogP contribution in [0, 0.1) is 17.7 Å². The summed E-state index contributed by atoms with van der Waals surface area (Å²) >= 11 is 0. The van der Waals surface area contributed by atoms with Crippen LogP contribution in [0.1, 0.15) is 18.1 Å². The zero-order valence-electron chi connectivity index (χ0n) is 12.6. The smallest absolute Gasteiger partial charge is 0.374 e. The average Bonchev–Trinajstić information content (AvgIpc) is 2.52. The second-order valence-electron chi connectivity index (χ2n) is 5.41. The third-order valence-corrected chi connectivity index (χ3v) is 3.48. The highest BCUT2D eigenvalue weighted by atomic mass is 19.4. The van der Waals surface area contributed by atoms with Crippen LogP contribution in [0.4, 0.5) is 17.6 Å². The van der Waals surface area contributed by atoms with E-state index < -0.39 is 28.8 Å². The molecule has 126 valence electrons. The quantitative estimate of drug-likeness (QED) is 0.650. The Morgan fingerprint density at radius 2 is 1.42 bits per heavy atom. The largest absolute Gasteiger partial charge is 0.433 e. The Kier molecular flexibility index (Phi) is 4.70. The van der Waals surface area contributed by atoms with Gasteiger partial charge in [0.05, 0.1) is 0 Å². The van der Waals surface area contributed by atoms with Crippen molar-refractivity contribution in [2.24, 2.45) is 0 Å². The lowest BCUT2D eigenvalue weighted by molar-refractivity contribution is -0.240. The van der Waals surface area contributed by atoms with Crippen LogP contribution in [0.5, 0.6) is 0 Å². The van der Waals surface area contributed by atoms with Gasteiger partial charge in [0, 0.05) is 5.56 Å². The standard InChI is InChI=1S/C18H14F4O2/c1-16(23,14-8-5-9-15(19)12-14)10-11-17(24,18(20,21)22)13-6-3-2-4-7-13/h2-9,12,23-24H,1H3/t16-,17+/m1/s1. The van der Waals surface area contributed by atoms with Crippen molar-refractivity contribution < 1.29 is 27.8 Å². The number of rotatable bonds is 2. The van der Waals surface area contributed by atoms with E-state index in [1.807, 2.05) is 5.92 Å². The van der Waals surface area contributed by atoms with Crippen molar-refractivity contribution >= 4 is 0 Å². The van der Waals surface area contributed by atoms with Crippen molar-refractivity contribution in [2.45, 2.75) is 24.3 Å². The van der Waals surface area contributed by atoms with Crippen LogP contribution in [-0.2, 0) is 11.2 Å². The second kappa shape index (κ2) is 6.27. The molecule has 2 N–H and O–H groups in total. The highest BCUT2D eigenvalue weighted by Crippen LogP contribution is 2.38. The SMILES string of the molecule is C[C@@](O)(C#C[C@](O)(c1ccccc1)C(F)(F)F)c1cccc(F)c1. The molecule has 0 amide bonds. The van der Waals surface area contributed by atoms with Gasteiger partial charge in [-0.15, -0.1) is 0 Å². The Morgan fingerprint density at radius 1 is 0.833 bits per heavy atom. The van der Waals surface area contributed by atoms with Gasteiger partial charge in [0.25, 0.3) is 0 Å². The fourth-order valence-corrected chi connectivity index (χ4v) is 2.06. The lowest BCUT2D eigenvalue weighted by Gasteiger charge is -2.26. The van der Waals surface area contributed by atoms with Crippen LogP contribution in [0.25, 0.3) is 0 Å². The minimum Gasteiger partial charge on any atom is -0.374 e. The van der Waals surface area contributed by atoms with E-state index in [9.17, 15) is 27.8 Å². The van der Waals surface area contributed by atoms with Gasteiger partial charge in [-0.25, -0.2) is 4.39 Å². The summed E-state index contributed by atoms with van der Waals surface area (Å²) in [4.78, 5) is 0. The van der Waals surface area contributed by atoms with Gasteiger partial charge in [0.15, 0.2) is 0 Å². The van der Waals surface area contributed by atoms with E-state index >= 15 is 0 Å². The van der Waals surface area contributed by atoms with E-state index in [0.717, 1.165) is 31.2 Å². The van der Waals surface area contributed by atoms with Gasteiger partial charge in [0.1, 0.15) is 11.4 Å². The van der Waals surface area contributed by atoms with Gasteiger partial charge in [-0.2, -0.15) is 13.2 Å². The van der Waals surface area contributed by atoms with Gasteiger partial charge >= 0.3 is 6.18 Å². The lowest BCUT2D eigenvalue weighted by atomic mass is 9.90. The molecule has 0 aliphatic carbocycles. The zero-order chi connectivity index (χ0) is 18.0. The molecule has 0 bridgehead atoms. The lowest BCUT2D eigenvalue weighted by Crippen LogP contribution is -2.41. The van der Waals surface area contributed by atoms with Crippen molar-refractivity contribution in [1.29, 1.82) is 0 Å². The van der Waals surface area contributed by atoms with Crippen LogP contribution in [-0.4, -0.2) is 16.4 Å². The van der Waals surface area contributed by atoms with Crippen LogP contribution in [0.3, 0.4) is 0 Å². The monoisotopic (exact) mass is 338 g/mol. The highest BCUT2D eigenvalue weighted by molar-refractivity contribution is 5.38. The summed E-state index contributed by atoms with van der Waals surface area (Å²) in [6.45, 7) is 1.12. The molecule has 0 saturated heterocycles. The first kappa shape index (κ1) is 18.0. The van der Waals surface area contributed by atoms with Gasteiger partial charge in [-0.05, 0) is 24.6 Å². The number of halogens is 4. The normalized spacial score (nSPS) is 16.5. The highest BCUT2D eigenvalue weighted by Gasteiger charge is 2.54. The minimum absolute atomic E-state index is 0.0208. The minimum atomic E-state index is -5.08. The van der Waals surface area contributed by atoms with E-state index in [-0.39, 0.29) is 5.56 Å². The predicted octanol–water partition coefficient (Wildman–Crippen LogP) is 3.49. The number of alkyl halides is 3. The fraction of sp³-hybridized carbons (Fsp3) is 0.222. The Bertz CT molecular complexity index is 773. The molecule has 24 heavy (non-hydrogen) atoms. The average molecular weight is 338 g/mol. The number of hydrogen-bond donors (Lipinski definition) is 2. The van der Waals surface area contributed by atoms with E-state index in [1.54, 1.807) is 5.92 Å². The zero-order valence-corrected chi connectivity index (χ0v) is 12.6. The molecule has 2 rings (SSSR count). The molecule has 0 saturated carbocycles. The molecule has 0 aliphatic heterocycles. The number of benzene rings is 2. The third-order valence-electron chi connectivity index (χ3n) is 3.48. The number of hydrogen-bond acceptors (Lipinski definition) is 2. The molecular formula is C18H14F4O2. The maximum Gasteiger partial charge on any atom is 0.433 e. The summed E-state index contributed by atoms with van der Waals surface area (Å²) in [5, 5.41) is 20.4. The molecule has 2 aromatic rings. The van der Waals surface area contributed by atoms with E-state index in [2.05, 4.69) is 0 Å². The molecule has 0 spiro atoms. The first-order valence-corrected chi connectivity index (χ1v) is 6.94. The summed E-state index contributed by atoms with van der Waals surface area (Å²) in [7, 11) is 0. The Balaban J connectivity index is 2.51. The summed E-state index contributed by atoms with van der Waals surface area (Å²) in [6.07, 6.45) is -5.08. The molecule has 0 fully saturated rings. The number of aliphatic hydroxyl groups is 2. The second-order valence-corrected chi connectivity index (χ2v) is 5.41. The van der Waals surface area contributed by atoms with Crippen molar-refractivity contribution in [3.63, 3.8) is 0 Å². The molecule has 6 heteroatoms. The molecule has 2 atom stereocenters. The molecule has 0 radical (unpaired) electrons. The van der Waals surface area contributed by atoms with E-state index in [4.69, 9.17) is 0 Å². The molecule has 2 nitrogen and oxygen atoms in total. The molecule has 0 aromatic heterocycles. The molecule has 2 aromatic carbocycles. The maximum atomic E-state index is 13.3. The maximum absolute atomic E-state index is 13.3. The van der Waals surface area contributed by atoms with Crippen LogP contribution < -0.4 is 0 Å². The van der Waals surface area contributed by atoms with Gasteiger partial charge in [-0.1, -0.05) is 54.3 Å². The molecular weight excluding hydrogens is 324 g/mol. The van der Waals surface area contributed by atoms with Crippen molar-refractivity contribution in [3.05, 3.63) is 71.5 Å². The van der Waals surface area contributed by atoms with Gasteiger partial charge in [-0.3, -0.25) is 0 Å². The van der Waals surface area contributed by atoms with E-state index in [0.29, 0.717) is 0 Å². The molecule has 0 aliphatic rings. The molecule has 0 heterocycles. The third kappa shape index (κ3) is 3.58. The van der Waals surface area contributed by atoms with Crippen molar-refractivity contribution in [3.8, 4) is 11.8 Å². The summed E-state index contributed by atoms with van der Waals surface area (Å²) in [6, 6.07) is 11.0. The van der Waals surface area contributed by atoms with Crippen LogP contribution in [0.2, 0.25) is 0 Å². The first-order chi connectivity index (χ1) is 11.1. The first-order valence-electron chi connectivity index (χ1n) is 6.94. The Hall–Kier alpha value is -2.36. The summed E-state index contributed by atoms with van der Waals surface area (Å²) in [5.74, 6) is 3.07. The summed E-state index contributed by atoms with van der Waals surface area (Å²) < 4.78 is 53.3. The summed E-state index contributed by atoms with van der Waals surface area (Å²) in [5.41, 5.74) is -6.02. The Labute approximate surface area is 136 Å².